The molecule has 37 heavy (non-hydrogen) atoms. The van der Waals surface area contributed by atoms with Gasteiger partial charge in [0.25, 0.3) is 0 Å². The minimum Gasteiger partial charge on any atom is -0.508 e. The maximum Gasteiger partial charge on any atom is 0.340 e. The molecular formula is C27H24N2O8. The number of carbonyl (C=O) groups is 3. The summed E-state index contributed by atoms with van der Waals surface area (Å²) in [6.45, 7) is 0.436. The Balaban J connectivity index is 1.79. The number of aromatic hydroxyl groups is 2. The molecule has 10 nitrogen and oxygen atoms in total. The summed E-state index contributed by atoms with van der Waals surface area (Å²) in [5, 5.41) is 30.0. The predicted molar refractivity (Wildman–Crippen MR) is 130 cm³/mol. The van der Waals surface area contributed by atoms with Crippen molar-refractivity contribution >= 4 is 17.7 Å². The summed E-state index contributed by atoms with van der Waals surface area (Å²) in [4.78, 5) is 39.0. The Morgan fingerprint density at radius 2 is 1.54 bits per heavy atom. The molecule has 0 saturated heterocycles. The number of rotatable bonds is 7. The normalized spacial score (nSPS) is 15.2. The van der Waals surface area contributed by atoms with E-state index in [1.54, 1.807) is 0 Å². The maximum atomic E-state index is 13.5. The summed E-state index contributed by atoms with van der Waals surface area (Å²) < 4.78 is 11.9. The zero-order chi connectivity index (χ0) is 26.5. The van der Waals surface area contributed by atoms with Gasteiger partial charge in [0, 0.05) is 34.4 Å². The fourth-order valence-electron chi connectivity index (χ4n) is 4.98. The Morgan fingerprint density at radius 1 is 0.919 bits per heavy atom. The van der Waals surface area contributed by atoms with Crippen LogP contribution in [0.5, 0.6) is 23.0 Å². The van der Waals surface area contributed by atoms with Crippen LogP contribution >= 0.6 is 0 Å². The molecule has 3 aromatic carbocycles. The van der Waals surface area contributed by atoms with E-state index in [-0.39, 0.29) is 45.3 Å². The molecule has 2 aliphatic heterocycles. The minimum atomic E-state index is -1.71. The number of carboxylic acids is 1. The van der Waals surface area contributed by atoms with E-state index in [4.69, 9.17) is 20.9 Å². The van der Waals surface area contributed by atoms with Crippen LogP contribution in [-0.4, -0.2) is 45.6 Å². The number of ketones is 1. The van der Waals surface area contributed by atoms with Crippen LogP contribution < -0.4 is 16.2 Å². The monoisotopic (exact) mass is 504 g/mol. The van der Waals surface area contributed by atoms with Crippen LogP contribution in [0.3, 0.4) is 0 Å². The number of aromatic carboxylic acids is 1. The molecule has 0 aliphatic carbocycles. The van der Waals surface area contributed by atoms with E-state index in [9.17, 15) is 29.7 Å². The van der Waals surface area contributed by atoms with Crippen molar-refractivity contribution < 1.29 is 39.2 Å². The number of phenols is 2. The van der Waals surface area contributed by atoms with Gasteiger partial charge in [-0.2, -0.15) is 0 Å². The molecule has 0 fully saturated rings. The van der Waals surface area contributed by atoms with Gasteiger partial charge in [-0.3, -0.25) is 4.79 Å². The number of benzene rings is 3. The summed E-state index contributed by atoms with van der Waals surface area (Å²) >= 11 is 0. The molecule has 0 amide bonds. The van der Waals surface area contributed by atoms with Gasteiger partial charge >= 0.3 is 11.9 Å². The number of hydrogen-bond donors (Lipinski definition) is 5. The van der Waals surface area contributed by atoms with Gasteiger partial charge < -0.3 is 36.3 Å². The molecule has 1 atom stereocenters. The van der Waals surface area contributed by atoms with Crippen LogP contribution in [0.25, 0.3) is 0 Å². The van der Waals surface area contributed by atoms with Crippen molar-refractivity contribution in [1.29, 1.82) is 0 Å². The molecule has 5 rings (SSSR count). The van der Waals surface area contributed by atoms with Crippen LogP contribution in [0.15, 0.2) is 48.5 Å². The van der Waals surface area contributed by atoms with Crippen molar-refractivity contribution in [3.8, 4) is 23.0 Å². The van der Waals surface area contributed by atoms with Crippen LogP contribution in [0.1, 0.15) is 67.0 Å². The first-order valence-corrected chi connectivity index (χ1v) is 11.7. The summed E-state index contributed by atoms with van der Waals surface area (Å²) in [5.74, 6) is -2.73. The lowest BCUT2D eigenvalue weighted by atomic mass is 9.76. The fourth-order valence-corrected chi connectivity index (χ4v) is 4.98. The standard InChI is InChI=1S/C27H24N2O8/c28-8-2-1-3-20(29)24(32)16-9-13(25(33)34)10-19-23(16)26(35)37-27(19)17-6-4-14(30)11-21(17)36-22-12-15(31)5-7-18(22)27/h4-7,9-12,20,30-31H,1-3,8,28-29H2,(H,33,34)/t20-/m0/s1. The average Bonchev–Trinajstić information content (AvgIpc) is 3.15. The van der Waals surface area contributed by atoms with Gasteiger partial charge in [-0.15, -0.1) is 0 Å². The smallest absolute Gasteiger partial charge is 0.340 e. The van der Waals surface area contributed by atoms with Crippen molar-refractivity contribution in [2.45, 2.75) is 30.9 Å². The lowest BCUT2D eigenvalue weighted by Crippen LogP contribution is -2.33. The van der Waals surface area contributed by atoms with Gasteiger partial charge in [0.15, 0.2) is 11.4 Å². The molecule has 7 N–H and O–H groups in total. The van der Waals surface area contributed by atoms with Crippen LogP contribution in [0, 0.1) is 0 Å². The fraction of sp³-hybridized carbons (Fsp3) is 0.222. The Bertz CT molecular complexity index is 1410. The number of carboxylic acid groups (broad SMARTS) is 1. The van der Waals surface area contributed by atoms with Gasteiger partial charge in [-0.1, -0.05) is 6.42 Å². The first-order valence-electron chi connectivity index (χ1n) is 11.7. The summed E-state index contributed by atoms with van der Waals surface area (Å²) in [6.07, 6.45) is 1.55. The number of hydrogen-bond acceptors (Lipinski definition) is 9. The highest BCUT2D eigenvalue weighted by Crippen LogP contribution is 2.57. The third-order valence-corrected chi connectivity index (χ3v) is 6.69. The second-order valence-electron chi connectivity index (χ2n) is 9.04. The minimum absolute atomic E-state index is 0.0933. The predicted octanol–water partition coefficient (Wildman–Crippen LogP) is 3.00. The molecule has 10 heteroatoms. The Hall–Kier alpha value is -4.41. The van der Waals surface area contributed by atoms with E-state index in [0.717, 1.165) is 6.07 Å². The molecule has 1 spiro atoms. The summed E-state index contributed by atoms with van der Waals surface area (Å²) in [6, 6.07) is 9.83. The number of fused-ring (bicyclic) bond motifs is 6. The highest BCUT2D eigenvalue weighted by atomic mass is 16.6. The van der Waals surface area contributed by atoms with E-state index in [1.165, 1.54) is 42.5 Å². The number of ether oxygens (including phenoxy) is 2. The van der Waals surface area contributed by atoms with Crippen molar-refractivity contribution in [3.05, 3.63) is 81.9 Å². The first kappa shape index (κ1) is 24.3. The van der Waals surface area contributed by atoms with E-state index in [2.05, 4.69) is 0 Å². The summed E-state index contributed by atoms with van der Waals surface area (Å²) in [7, 11) is 0. The SMILES string of the molecule is NCCCC[C@H](N)C(=O)c1cc(C(=O)O)cc2c1C(=O)OC21c2ccc(O)cc2Oc2cc(O)ccc21. The van der Waals surface area contributed by atoms with Gasteiger partial charge in [0.1, 0.15) is 23.0 Å². The van der Waals surface area contributed by atoms with E-state index < -0.39 is 29.4 Å². The first-order chi connectivity index (χ1) is 17.7. The van der Waals surface area contributed by atoms with Crippen LogP contribution in [0.2, 0.25) is 0 Å². The zero-order valence-electron chi connectivity index (χ0n) is 19.6. The zero-order valence-corrected chi connectivity index (χ0v) is 19.6. The van der Waals surface area contributed by atoms with E-state index >= 15 is 0 Å². The highest BCUT2D eigenvalue weighted by Gasteiger charge is 2.55. The Kier molecular flexibility index (Phi) is 5.85. The average molecular weight is 504 g/mol. The molecule has 0 saturated carbocycles. The molecule has 2 heterocycles. The second-order valence-corrected chi connectivity index (χ2v) is 9.04. The van der Waals surface area contributed by atoms with E-state index in [1.807, 2.05) is 0 Å². The number of unbranched alkanes of at least 4 members (excludes halogenated alkanes) is 1. The van der Waals surface area contributed by atoms with Gasteiger partial charge in [-0.25, -0.2) is 9.59 Å². The van der Waals surface area contributed by atoms with Gasteiger partial charge in [-0.05, 0) is 55.8 Å². The number of Topliss-reactive ketones (excluding diaryl/α,β-unsaturated/α-hetero) is 1. The molecule has 190 valence electrons. The lowest BCUT2D eigenvalue weighted by Gasteiger charge is -2.36. The molecule has 3 aromatic rings. The molecule has 0 aromatic heterocycles. The number of esters is 1. The topological polar surface area (TPSA) is 182 Å². The van der Waals surface area contributed by atoms with Gasteiger partial charge in [0.05, 0.1) is 17.2 Å². The third kappa shape index (κ3) is 3.78. The third-order valence-electron chi connectivity index (χ3n) is 6.69. The van der Waals surface area contributed by atoms with Gasteiger partial charge in [0.2, 0.25) is 0 Å². The Labute approximate surface area is 211 Å². The van der Waals surface area contributed by atoms with Crippen LogP contribution in [0.4, 0.5) is 0 Å². The number of carbonyl (C=O) groups excluding carboxylic acids is 2. The van der Waals surface area contributed by atoms with Crippen molar-refractivity contribution in [3.63, 3.8) is 0 Å². The molecule has 0 radical (unpaired) electrons. The van der Waals surface area contributed by atoms with Crippen molar-refractivity contribution in [1.82, 2.24) is 0 Å². The Morgan fingerprint density at radius 3 is 2.11 bits per heavy atom. The molecule has 2 aliphatic rings. The molecular weight excluding hydrogens is 480 g/mol. The largest absolute Gasteiger partial charge is 0.508 e. The lowest BCUT2D eigenvalue weighted by molar-refractivity contribution is 0.0223. The molecule has 0 unspecified atom stereocenters. The quantitative estimate of drug-likeness (QED) is 0.182. The van der Waals surface area contributed by atoms with Crippen LogP contribution in [-0.2, 0) is 10.3 Å². The number of phenolic OH excluding ortho intramolecular Hbond substituents is 2. The number of nitrogens with two attached hydrogens (primary N) is 2. The van der Waals surface area contributed by atoms with Crippen molar-refractivity contribution in [2.75, 3.05) is 6.54 Å². The highest BCUT2D eigenvalue weighted by molar-refractivity contribution is 6.12. The summed E-state index contributed by atoms with van der Waals surface area (Å²) in [5.41, 5.74) is 10.2. The molecule has 0 bridgehead atoms. The van der Waals surface area contributed by atoms with E-state index in [0.29, 0.717) is 36.9 Å². The van der Waals surface area contributed by atoms with Crippen molar-refractivity contribution in [2.24, 2.45) is 11.5 Å². The maximum absolute atomic E-state index is 13.5. The second kappa shape index (κ2) is 8.91.